The summed E-state index contributed by atoms with van der Waals surface area (Å²) in [6, 6.07) is 0. The molecule has 0 aliphatic carbocycles. The van der Waals surface area contributed by atoms with Crippen molar-refractivity contribution in [3.8, 4) is 0 Å². The highest BCUT2D eigenvalue weighted by Gasteiger charge is 2.29. The van der Waals surface area contributed by atoms with Crippen LogP contribution in [-0.4, -0.2) is 58.0 Å². The maximum absolute atomic E-state index is 12.0. The van der Waals surface area contributed by atoms with E-state index in [1.54, 1.807) is 0 Å². The molecule has 0 saturated carbocycles. The minimum absolute atomic E-state index is 0.00194. The van der Waals surface area contributed by atoms with Gasteiger partial charge in [0.15, 0.2) is 20.6 Å². The van der Waals surface area contributed by atoms with Gasteiger partial charge in [0.05, 0.1) is 12.3 Å². The maximum Gasteiger partial charge on any atom is 0.182 e. The molecule has 1 aliphatic heterocycles. The van der Waals surface area contributed by atoms with Crippen LogP contribution in [0.15, 0.2) is 4.90 Å². The first-order valence-electron chi connectivity index (χ1n) is 6.58. The van der Waals surface area contributed by atoms with Gasteiger partial charge in [-0.2, -0.15) is 5.10 Å². The van der Waals surface area contributed by atoms with Gasteiger partial charge in [-0.05, 0) is 12.8 Å². The minimum atomic E-state index is -3.53. The van der Waals surface area contributed by atoms with Crippen molar-refractivity contribution in [2.24, 2.45) is 0 Å². The normalized spacial score (nSPS) is 16.6. The fourth-order valence-corrected chi connectivity index (χ4v) is 3.85. The standard InChI is InChI=1S/C11H20N4O4S2/c1-20(16,17)8-7-15-10(12)9(21(2,18)19)11(13-15)14-5-3-4-6-14/h3-8,12H2,1-2H3. The molecule has 2 N–H and O–H groups in total. The summed E-state index contributed by atoms with van der Waals surface area (Å²) in [5.74, 6) is 0.200. The van der Waals surface area contributed by atoms with Crippen LogP contribution in [0.5, 0.6) is 0 Å². The highest BCUT2D eigenvalue weighted by Crippen LogP contribution is 2.32. The second-order valence-corrected chi connectivity index (χ2v) is 9.57. The Hall–Kier alpha value is -1.29. The van der Waals surface area contributed by atoms with Crippen LogP contribution in [0.1, 0.15) is 12.8 Å². The molecule has 21 heavy (non-hydrogen) atoms. The molecule has 0 unspecified atom stereocenters. The van der Waals surface area contributed by atoms with Gasteiger partial charge in [-0.3, -0.25) is 0 Å². The van der Waals surface area contributed by atoms with Gasteiger partial charge >= 0.3 is 0 Å². The summed E-state index contributed by atoms with van der Waals surface area (Å²) in [6.45, 7) is 1.50. The average molecular weight is 336 g/mol. The van der Waals surface area contributed by atoms with Gasteiger partial charge in [0.25, 0.3) is 0 Å². The van der Waals surface area contributed by atoms with E-state index in [0.29, 0.717) is 5.82 Å². The molecule has 1 aromatic heterocycles. The van der Waals surface area contributed by atoms with Gasteiger partial charge in [-0.25, -0.2) is 21.5 Å². The van der Waals surface area contributed by atoms with Gasteiger partial charge in [-0.1, -0.05) is 0 Å². The van der Waals surface area contributed by atoms with Gasteiger partial charge < -0.3 is 10.6 Å². The Morgan fingerprint density at radius 2 is 1.71 bits per heavy atom. The highest BCUT2D eigenvalue weighted by molar-refractivity contribution is 7.91. The molecule has 1 aliphatic rings. The molecular formula is C11H20N4O4S2. The number of nitrogen functional groups attached to an aromatic ring is 1. The Kier molecular flexibility index (Phi) is 4.20. The summed E-state index contributed by atoms with van der Waals surface area (Å²) in [4.78, 5) is 1.88. The molecule has 0 radical (unpaired) electrons. The van der Waals surface area contributed by atoms with Crippen LogP contribution in [0.25, 0.3) is 0 Å². The molecule has 0 amide bonds. The largest absolute Gasteiger partial charge is 0.383 e. The van der Waals surface area contributed by atoms with E-state index in [1.165, 1.54) is 4.68 Å². The second-order valence-electron chi connectivity index (χ2n) is 5.36. The third-order valence-corrected chi connectivity index (χ3v) is 5.44. The first-order valence-corrected chi connectivity index (χ1v) is 10.5. The molecule has 0 bridgehead atoms. The molecule has 1 saturated heterocycles. The Balaban J connectivity index is 2.44. The molecule has 8 nitrogen and oxygen atoms in total. The van der Waals surface area contributed by atoms with Gasteiger partial charge in [0.1, 0.15) is 15.7 Å². The van der Waals surface area contributed by atoms with Gasteiger partial charge in [0, 0.05) is 25.6 Å². The zero-order valence-electron chi connectivity index (χ0n) is 12.1. The number of nitrogens with two attached hydrogens (primary N) is 1. The Morgan fingerprint density at radius 3 is 2.19 bits per heavy atom. The van der Waals surface area contributed by atoms with Crippen molar-refractivity contribution in [2.75, 3.05) is 42.0 Å². The summed E-state index contributed by atoms with van der Waals surface area (Å²) in [7, 11) is -6.71. The van der Waals surface area contributed by atoms with Crippen molar-refractivity contribution in [3.05, 3.63) is 0 Å². The first kappa shape index (κ1) is 16.1. The topological polar surface area (TPSA) is 115 Å². The summed E-state index contributed by atoms with van der Waals surface area (Å²) in [6.07, 6.45) is 4.14. The van der Waals surface area contributed by atoms with Crippen molar-refractivity contribution >= 4 is 31.3 Å². The maximum atomic E-state index is 12.0. The second kappa shape index (κ2) is 5.48. The fourth-order valence-electron chi connectivity index (χ4n) is 2.36. The zero-order valence-corrected chi connectivity index (χ0v) is 13.7. The number of aromatic nitrogens is 2. The summed E-state index contributed by atoms with van der Waals surface area (Å²) in [5.41, 5.74) is 5.89. The lowest BCUT2D eigenvalue weighted by molar-refractivity contribution is 0.587. The Bertz CT molecular complexity index is 731. The average Bonchev–Trinajstić information content (AvgIpc) is 2.91. The van der Waals surface area contributed by atoms with Crippen molar-refractivity contribution in [2.45, 2.75) is 24.3 Å². The molecular weight excluding hydrogens is 316 g/mol. The lowest BCUT2D eigenvalue weighted by Gasteiger charge is -2.15. The predicted molar refractivity (Wildman–Crippen MR) is 80.9 cm³/mol. The molecule has 0 atom stereocenters. The summed E-state index contributed by atoms with van der Waals surface area (Å²) in [5, 5.41) is 4.24. The van der Waals surface area contributed by atoms with Gasteiger partial charge in [0.2, 0.25) is 0 Å². The van der Waals surface area contributed by atoms with E-state index in [-0.39, 0.29) is 23.0 Å². The first-order chi connectivity index (χ1) is 9.59. The number of anilines is 2. The minimum Gasteiger partial charge on any atom is -0.383 e. The third kappa shape index (κ3) is 3.67. The third-order valence-electron chi connectivity index (χ3n) is 3.38. The quantitative estimate of drug-likeness (QED) is 0.771. The lowest BCUT2D eigenvalue weighted by Crippen LogP contribution is -2.20. The number of rotatable bonds is 5. The fraction of sp³-hybridized carbons (Fsp3) is 0.727. The predicted octanol–water partition coefficient (Wildman–Crippen LogP) is -0.486. The lowest BCUT2D eigenvalue weighted by atomic mass is 10.4. The van der Waals surface area contributed by atoms with E-state index in [4.69, 9.17) is 5.73 Å². The zero-order chi connectivity index (χ0) is 15.8. The monoisotopic (exact) mass is 336 g/mol. The van der Waals surface area contributed by atoms with Crippen molar-refractivity contribution in [3.63, 3.8) is 0 Å². The number of sulfone groups is 2. The van der Waals surface area contributed by atoms with E-state index in [1.807, 2.05) is 4.90 Å². The van der Waals surface area contributed by atoms with E-state index < -0.39 is 19.7 Å². The molecule has 0 aromatic carbocycles. The van der Waals surface area contributed by atoms with Crippen LogP contribution in [0, 0.1) is 0 Å². The van der Waals surface area contributed by atoms with Crippen LogP contribution < -0.4 is 10.6 Å². The van der Waals surface area contributed by atoms with E-state index in [2.05, 4.69) is 5.10 Å². The molecule has 120 valence electrons. The van der Waals surface area contributed by atoms with E-state index >= 15 is 0 Å². The smallest absolute Gasteiger partial charge is 0.182 e. The molecule has 2 heterocycles. The molecule has 2 rings (SSSR count). The molecule has 1 fully saturated rings. The van der Waals surface area contributed by atoms with Crippen molar-refractivity contribution < 1.29 is 16.8 Å². The molecule has 1 aromatic rings. The number of aryl methyl sites for hydroxylation is 1. The van der Waals surface area contributed by atoms with E-state index in [0.717, 1.165) is 38.4 Å². The highest BCUT2D eigenvalue weighted by atomic mass is 32.2. The van der Waals surface area contributed by atoms with Crippen molar-refractivity contribution in [1.29, 1.82) is 0 Å². The Labute approximate surface area is 124 Å². The van der Waals surface area contributed by atoms with Crippen LogP contribution in [0.3, 0.4) is 0 Å². The van der Waals surface area contributed by atoms with Crippen LogP contribution in [0.2, 0.25) is 0 Å². The SMILES string of the molecule is CS(=O)(=O)CCn1nc(N2CCCC2)c(S(C)(=O)=O)c1N. The van der Waals surface area contributed by atoms with Gasteiger partial charge in [-0.15, -0.1) is 0 Å². The number of hydrogen-bond donors (Lipinski definition) is 1. The Morgan fingerprint density at radius 1 is 1.14 bits per heavy atom. The van der Waals surface area contributed by atoms with Crippen LogP contribution >= 0.6 is 0 Å². The number of nitrogens with zero attached hydrogens (tertiary/aromatic N) is 3. The van der Waals surface area contributed by atoms with Crippen LogP contribution in [-0.2, 0) is 26.2 Å². The number of hydrogen-bond acceptors (Lipinski definition) is 7. The molecule has 10 heteroatoms. The van der Waals surface area contributed by atoms with E-state index in [9.17, 15) is 16.8 Å². The van der Waals surface area contributed by atoms with Crippen LogP contribution in [0.4, 0.5) is 11.6 Å². The molecule has 0 spiro atoms. The van der Waals surface area contributed by atoms with Crippen molar-refractivity contribution in [1.82, 2.24) is 9.78 Å². The summed E-state index contributed by atoms with van der Waals surface area (Å²) < 4.78 is 47.7. The summed E-state index contributed by atoms with van der Waals surface area (Å²) >= 11 is 0.